The Morgan fingerprint density at radius 2 is 2.29 bits per heavy atom. The van der Waals surface area contributed by atoms with Crippen molar-refractivity contribution in [2.75, 3.05) is 6.54 Å². The molecule has 1 fully saturated rings. The highest BCUT2D eigenvalue weighted by Gasteiger charge is 2.32. The molecule has 0 aromatic rings. The van der Waals surface area contributed by atoms with E-state index < -0.39 is 0 Å². The molecule has 14 heavy (non-hydrogen) atoms. The van der Waals surface area contributed by atoms with Crippen molar-refractivity contribution in [3.63, 3.8) is 0 Å². The third kappa shape index (κ3) is 3.78. The van der Waals surface area contributed by atoms with Gasteiger partial charge in [-0.3, -0.25) is 4.79 Å². The minimum atomic E-state index is 0.185. The summed E-state index contributed by atoms with van der Waals surface area (Å²) in [6.07, 6.45) is 4.81. The Morgan fingerprint density at radius 1 is 1.57 bits per heavy atom. The molecule has 0 saturated heterocycles. The van der Waals surface area contributed by atoms with Gasteiger partial charge in [0, 0.05) is 18.9 Å². The fourth-order valence-corrected chi connectivity index (χ4v) is 1.51. The van der Waals surface area contributed by atoms with E-state index in [1.807, 2.05) is 6.92 Å². The molecule has 0 aromatic carbocycles. The molecule has 1 aliphatic rings. The molecule has 0 aliphatic heterocycles. The number of unbranched alkanes of at least 4 members (excludes halogenated alkanes) is 2. The van der Waals surface area contributed by atoms with E-state index in [0.29, 0.717) is 12.3 Å². The SMILES string of the molecule is CC(C(=O)NCCCCC#N)C1CC1. The molecular weight excluding hydrogens is 176 g/mol. The summed E-state index contributed by atoms with van der Waals surface area (Å²) in [5.74, 6) is 1.00. The second kappa shape index (κ2) is 5.64. The van der Waals surface area contributed by atoms with Crippen molar-refractivity contribution in [2.45, 2.75) is 39.0 Å². The fraction of sp³-hybridized carbons (Fsp3) is 0.818. The lowest BCUT2D eigenvalue weighted by atomic mass is 10.1. The molecule has 1 aliphatic carbocycles. The normalized spacial score (nSPS) is 17.1. The quantitative estimate of drug-likeness (QED) is 0.656. The smallest absolute Gasteiger partial charge is 0.223 e. The summed E-state index contributed by atoms with van der Waals surface area (Å²) in [6, 6.07) is 2.09. The molecule has 1 N–H and O–H groups in total. The van der Waals surface area contributed by atoms with E-state index in [0.717, 1.165) is 19.4 Å². The Balaban J connectivity index is 2.00. The topological polar surface area (TPSA) is 52.9 Å². The van der Waals surface area contributed by atoms with Gasteiger partial charge >= 0.3 is 0 Å². The van der Waals surface area contributed by atoms with Crippen LogP contribution in [0.15, 0.2) is 0 Å². The molecule has 0 heterocycles. The van der Waals surface area contributed by atoms with Crippen molar-refractivity contribution in [3.05, 3.63) is 0 Å². The van der Waals surface area contributed by atoms with Crippen molar-refractivity contribution < 1.29 is 4.79 Å². The van der Waals surface area contributed by atoms with Gasteiger partial charge < -0.3 is 5.32 Å². The van der Waals surface area contributed by atoms with Crippen molar-refractivity contribution in [1.82, 2.24) is 5.32 Å². The van der Waals surface area contributed by atoms with E-state index in [2.05, 4.69) is 11.4 Å². The number of hydrogen-bond donors (Lipinski definition) is 1. The second-order valence-corrected chi connectivity index (χ2v) is 4.03. The Bertz CT molecular complexity index is 228. The Kier molecular flexibility index (Phi) is 4.45. The first-order valence-corrected chi connectivity index (χ1v) is 5.40. The maximum atomic E-state index is 11.5. The zero-order valence-electron chi connectivity index (χ0n) is 8.75. The van der Waals surface area contributed by atoms with Gasteiger partial charge in [0.1, 0.15) is 0 Å². The zero-order valence-corrected chi connectivity index (χ0v) is 8.75. The minimum absolute atomic E-state index is 0.185. The molecule has 0 bridgehead atoms. The van der Waals surface area contributed by atoms with E-state index >= 15 is 0 Å². The molecule has 1 rings (SSSR count). The average molecular weight is 194 g/mol. The van der Waals surface area contributed by atoms with Gasteiger partial charge in [0.05, 0.1) is 6.07 Å². The van der Waals surface area contributed by atoms with Crippen LogP contribution in [0.5, 0.6) is 0 Å². The van der Waals surface area contributed by atoms with Gasteiger partial charge in [-0.2, -0.15) is 5.26 Å². The number of nitrogens with one attached hydrogen (secondary N) is 1. The lowest BCUT2D eigenvalue weighted by molar-refractivity contribution is -0.125. The summed E-state index contributed by atoms with van der Waals surface area (Å²) in [6.45, 7) is 2.72. The fourth-order valence-electron chi connectivity index (χ4n) is 1.51. The molecule has 1 unspecified atom stereocenters. The Hall–Kier alpha value is -1.04. The molecular formula is C11H18N2O. The summed E-state index contributed by atoms with van der Waals surface area (Å²) in [5.41, 5.74) is 0. The summed E-state index contributed by atoms with van der Waals surface area (Å²) in [5, 5.41) is 11.2. The van der Waals surface area contributed by atoms with Crippen LogP contribution in [0.1, 0.15) is 39.0 Å². The van der Waals surface area contributed by atoms with Crippen LogP contribution in [0.3, 0.4) is 0 Å². The third-order valence-electron chi connectivity index (χ3n) is 2.76. The van der Waals surface area contributed by atoms with Crippen molar-refractivity contribution in [1.29, 1.82) is 5.26 Å². The molecule has 0 spiro atoms. The zero-order chi connectivity index (χ0) is 10.4. The first kappa shape index (κ1) is 11.0. The summed E-state index contributed by atoms with van der Waals surface area (Å²) in [4.78, 5) is 11.5. The lowest BCUT2D eigenvalue weighted by Crippen LogP contribution is -2.30. The summed E-state index contributed by atoms with van der Waals surface area (Å²) >= 11 is 0. The molecule has 1 saturated carbocycles. The molecule has 0 aromatic heterocycles. The first-order chi connectivity index (χ1) is 6.75. The molecule has 78 valence electrons. The number of rotatable bonds is 6. The minimum Gasteiger partial charge on any atom is -0.356 e. The van der Waals surface area contributed by atoms with Crippen molar-refractivity contribution in [2.24, 2.45) is 11.8 Å². The van der Waals surface area contributed by atoms with Crippen LogP contribution in [0.25, 0.3) is 0 Å². The summed E-state index contributed by atoms with van der Waals surface area (Å²) in [7, 11) is 0. The molecule has 3 heteroatoms. The monoisotopic (exact) mass is 194 g/mol. The van der Waals surface area contributed by atoms with Crippen LogP contribution in [0.2, 0.25) is 0 Å². The Labute approximate surface area is 85.5 Å². The van der Waals surface area contributed by atoms with Crippen LogP contribution >= 0.6 is 0 Å². The van der Waals surface area contributed by atoms with Gasteiger partial charge in [-0.15, -0.1) is 0 Å². The van der Waals surface area contributed by atoms with E-state index in [1.165, 1.54) is 12.8 Å². The Morgan fingerprint density at radius 3 is 2.86 bits per heavy atom. The van der Waals surface area contributed by atoms with Crippen LogP contribution in [0, 0.1) is 23.2 Å². The highest BCUT2D eigenvalue weighted by atomic mass is 16.1. The van der Waals surface area contributed by atoms with Crippen molar-refractivity contribution >= 4 is 5.91 Å². The number of carbonyl (C=O) groups is 1. The average Bonchev–Trinajstić information content (AvgIpc) is 2.99. The largest absolute Gasteiger partial charge is 0.356 e. The summed E-state index contributed by atoms with van der Waals surface area (Å²) < 4.78 is 0. The second-order valence-electron chi connectivity index (χ2n) is 4.03. The maximum absolute atomic E-state index is 11.5. The van der Waals surface area contributed by atoms with Crippen LogP contribution in [-0.2, 0) is 4.79 Å². The lowest BCUT2D eigenvalue weighted by Gasteiger charge is -2.10. The number of nitrogens with zero attached hydrogens (tertiary/aromatic N) is 1. The third-order valence-corrected chi connectivity index (χ3v) is 2.76. The van der Waals surface area contributed by atoms with Crippen LogP contribution in [-0.4, -0.2) is 12.5 Å². The highest BCUT2D eigenvalue weighted by molar-refractivity contribution is 5.78. The predicted molar refractivity (Wildman–Crippen MR) is 54.4 cm³/mol. The van der Waals surface area contributed by atoms with Gasteiger partial charge in [-0.05, 0) is 31.6 Å². The number of amides is 1. The number of hydrogen-bond acceptors (Lipinski definition) is 2. The van der Waals surface area contributed by atoms with E-state index in [-0.39, 0.29) is 11.8 Å². The first-order valence-electron chi connectivity index (χ1n) is 5.40. The maximum Gasteiger partial charge on any atom is 0.223 e. The molecule has 3 nitrogen and oxygen atoms in total. The van der Waals surface area contributed by atoms with Crippen molar-refractivity contribution in [3.8, 4) is 6.07 Å². The number of nitriles is 1. The van der Waals surface area contributed by atoms with Gasteiger partial charge in [-0.1, -0.05) is 6.92 Å². The van der Waals surface area contributed by atoms with Gasteiger partial charge in [-0.25, -0.2) is 0 Å². The highest BCUT2D eigenvalue weighted by Crippen LogP contribution is 2.36. The van der Waals surface area contributed by atoms with E-state index in [9.17, 15) is 4.79 Å². The van der Waals surface area contributed by atoms with Gasteiger partial charge in [0.25, 0.3) is 0 Å². The number of carbonyl (C=O) groups excluding carboxylic acids is 1. The van der Waals surface area contributed by atoms with Gasteiger partial charge in [0.2, 0.25) is 5.91 Å². The predicted octanol–water partition coefficient (Wildman–Crippen LogP) is 1.84. The molecule has 1 amide bonds. The van der Waals surface area contributed by atoms with E-state index in [4.69, 9.17) is 5.26 Å². The van der Waals surface area contributed by atoms with Gasteiger partial charge in [0.15, 0.2) is 0 Å². The van der Waals surface area contributed by atoms with Crippen LogP contribution in [0.4, 0.5) is 0 Å². The van der Waals surface area contributed by atoms with E-state index in [1.54, 1.807) is 0 Å². The van der Waals surface area contributed by atoms with Crippen LogP contribution < -0.4 is 5.32 Å². The molecule has 0 radical (unpaired) electrons. The standard InChI is InChI=1S/C11H18N2O/c1-9(10-5-6-10)11(14)13-8-4-2-3-7-12/h9-10H,2-6,8H2,1H3,(H,13,14). The molecule has 1 atom stereocenters.